The maximum atomic E-state index is 12.8. The summed E-state index contributed by atoms with van der Waals surface area (Å²) >= 11 is 1.27. The van der Waals surface area contributed by atoms with Crippen molar-refractivity contribution in [3.05, 3.63) is 28.7 Å². The summed E-state index contributed by atoms with van der Waals surface area (Å²) in [5, 5.41) is 12.2. The smallest absolute Gasteiger partial charge is 0.266 e. The van der Waals surface area contributed by atoms with Crippen LogP contribution in [0.15, 0.2) is 23.7 Å². The standard InChI is InChI=1S/C9H9F2NOS/c10-9(11)3-1-8(13,2-4-9)7-12-5-6-14-7/h1,3,5-6,13H,2,4H2. The Hall–Kier alpha value is -0.810. The summed E-state index contributed by atoms with van der Waals surface area (Å²) in [6, 6.07) is 0. The van der Waals surface area contributed by atoms with Crippen LogP contribution in [0.25, 0.3) is 0 Å². The number of nitrogens with zero attached hydrogens (tertiary/aromatic N) is 1. The highest BCUT2D eigenvalue weighted by Crippen LogP contribution is 2.39. The van der Waals surface area contributed by atoms with Gasteiger partial charge in [-0.3, -0.25) is 0 Å². The molecule has 0 fully saturated rings. The zero-order valence-electron chi connectivity index (χ0n) is 7.28. The Kier molecular flexibility index (Phi) is 2.16. The lowest BCUT2D eigenvalue weighted by atomic mass is 9.90. The van der Waals surface area contributed by atoms with Gasteiger partial charge in [-0.25, -0.2) is 13.8 Å². The molecule has 0 amide bonds. The number of hydrogen-bond donors (Lipinski definition) is 1. The number of thiazole rings is 1. The molecule has 0 aliphatic heterocycles. The first-order chi connectivity index (χ1) is 6.52. The maximum Gasteiger partial charge on any atom is 0.266 e. The molecular formula is C9H9F2NOS. The topological polar surface area (TPSA) is 33.1 Å². The Bertz CT molecular complexity index is 350. The van der Waals surface area contributed by atoms with Crippen molar-refractivity contribution in [3.63, 3.8) is 0 Å². The van der Waals surface area contributed by atoms with Crippen LogP contribution in [0.4, 0.5) is 8.78 Å². The quantitative estimate of drug-likeness (QED) is 0.732. The second kappa shape index (κ2) is 3.10. The van der Waals surface area contributed by atoms with Gasteiger partial charge in [0, 0.05) is 18.0 Å². The summed E-state index contributed by atoms with van der Waals surface area (Å²) in [7, 11) is 0. The first-order valence-corrected chi connectivity index (χ1v) is 5.10. The van der Waals surface area contributed by atoms with Gasteiger partial charge in [0.15, 0.2) is 0 Å². The third-order valence-corrected chi connectivity index (χ3v) is 3.18. The van der Waals surface area contributed by atoms with Crippen LogP contribution in [0, 0.1) is 0 Å². The van der Waals surface area contributed by atoms with Gasteiger partial charge in [0.2, 0.25) is 0 Å². The highest BCUT2D eigenvalue weighted by molar-refractivity contribution is 7.09. The molecule has 1 atom stereocenters. The molecule has 0 radical (unpaired) electrons. The minimum atomic E-state index is -2.79. The number of aliphatic hydroxyl groups is 1. The first kappa shape index (κ1) is 9.73. The predicted octanol–water partition coefficient (Wildman–Crippen LogP) is 2.32. The summed E-state index contributed by atoms with van der Waals surface area (Å²) in [5.74, 6) is -2.79. The van der Waals surface area contributed by atoms with E-state index in [2.05, 4.69) is 4.98 Å². The van der Waals surface area contributed by atoms with Gasteiger partial charge in [0.25, 0.3) is 5.92 Å². The molecule has 2 nitrogen and oxygen atoms in total. The largest absolute Gasteiger partial charge is 0.379 e. The predicted molar refractivity (Wildman–Crippen MR) is 49.3 cm³/mol. The summed E-state index contributed by atoms with van der Waals surface area (Å²) in [5.41, 5.74) is -1.30. The summed E-state index contributed by atoms with van der Waals surface area (Å²) in [6.45, 7) is 0. The molecular weight excluding hydrogens is 208 g/mol. The van der Waals surface area contributed by atoms with Crippen LogP contribution in [0.2, 0.25) is 0 Å². The molecule has 0 saturated heterocycles. The molecule has 1 N–H and O–H groups in total. The Morgan fingerprint density at radius 1 is 1.36 bits per heavy atom. The Morgan fingerprint density at radius 3 is 2.64 bits per heavy atom. The van der Waals surface area contributed by atoms with Crippen LogP contribution in [-0.2, 0) is 5.60 Å². The van der Waals surface area contributed by atoms with Crippen molar-refractivity contribution >= 4 is 11.3 Å². The fraction of sp³-hybridized carbons (Fsp3) is 0.444. The zero-order valence-corrected chi connectivity index (χ0v) is 8.10. The van der Waals surface area contributed by atoms with E-state index >= 15 is 0 Å². The van der Waals surface area contributed by atoms with E-state index in [9.17, 15) is 13.9 Å². The van der Waals surface area contributed by atoms with Gasteiger partial charge in [-0.2, -0.15) is 0 Å². The van der Waals surface area contributed by atoms with E-state index in [0.717, 1.165) is 12.2 Å². The maximum absolute atomic E-state index is 12.8. The number of allylic oxidation sites excluding steroid dienone is 1. The van der Waals surface area contributed by atoms with Gasteiger partial charge in [-0.1, -0.05) is 0 Å². The third kappa shape index (κ3) is 1.69. The normalized spacial score (nSPS) is 30.5. The van der Waals surface area contributed by atoms with Crippen molar-refractivity contribution in [2.45, 2.75) is 24.4 Å². The van der Waals surface area contributed by atoms with E-state index < -0.39 is 11.5 Å². The van der Waals surface area contributed by atoms with E-state index in [1.54, 1.807) is 11.6 Å². The Balaban J connectivity index is 2.29. The van der Waals surface area contributed by atoms with Gasteiger partial charge >= 0.3 is 0 Å². The molecule has 1 aliphatic carbocycles. The van der Waals surface area contributed by atoms with Crippen molar-refractivity contribution < 1.29 is 13.9 Å². The fourth-order valence-corrected chi connectivity index (χ4v) is 2.15. The molecule has 14 heavy (non-hydrogen) atoms. The zero-order chi connectivity index (χ0) is 10.2. The summed E-state index contributed by atoms with van der Waals surface area (Å²) in [6.07, 6.45) is 3.15. The average Bonchev–Trinajstić information content (AvgIpc) is 2.64. The molecule has 0 aromatic carbocycles. The number of rotatable bonds is 1. The molecule has 1 unspecified atom stereocenters. The number of halogens is 2. The van der Waals surface area contributed by atoms with E-state index in [1.807, 2.05) is 0 Å². The van der Waals surface area contributed by atoms with Gasteiger partial charge < -0.3 is 5.11 Å². The molecule has 76 valence electrons. The van der Waals surface area contributed by atoms with Crippen LogP contribution in [-0.4, -0.2) is 16.0 Å². The van der Waals surface area contributed by atoms with E-state index in [4.69, 9.17) is 0 Å². The average molecular weight is 217 g/mol. The van der Waals surface area contributed by atoms with Crippen molar-refractivity contribution in [1.29, 1.82) is 0 Å². The van der Waals surface area contributed by atoms with Crippen molar-refractivity contribution in [2.75, 3.05) is 0 Å². The lowest BCUT2D eigenvalue weighted by Gasteiger charge is -2.28. The van der Waals surface area contributed by atoms with Gasteiger partial charge in [-0.05, 0) is 18.6 Å². The third-order valence-electron chi connectivity index (χ3n) is 2.25. The Morgan fingerprint density at radius 2 is 2.14 bits per heavy atom. The molecule has 2 rings (SSSR count). The molecule has 1 aromatic heterocycles. The van der Waals surface area contributed by atoms with Crippen LogP contribution in [0.5, 0.6) is 0 Å². The lowest BCUT2D eigenvalue weighted by molar-refractivity contribution is -0.0137. The van der Waals surface area contributed by atoms with E-state index in [1.165, 1.54) is 11.3 Å². The van der Waals surface area contributed by atoms with Crippen molar-refractivity contribution in [1.82, 2.24) is 4.98 Å². The van der Waals surface area contributed by atoms with Crippen molar-refractivity contribution in [3.8, 4) is 0 Å². The SMILES string of the molecule is OC1(c2nccs2)C=CC(F)(F)CC1. The Labute approximate surface area is 83.9 Å². The molecule has 1 heterocycles. The van der Waals surface area contributed by atoms with Gasteiger partial charge in [0.05, 0.1) is 0 Å². The molecule has 0 bridgehead atoms. The summed E-state index contributed by atoms with van der Waals surface area (Å²) in [4.78, 5) is 3.93. The molecule has 0 spiro atoms. The van der Waals surface area contributed by atoms with Crippen LogP contribution < -0.4 is 0 Å². The number of aromatic nitrogens is 1. The first-order valence-electron chi connectivity index (χ1n) is 4.22. The van der Waals surface area contributed by atoms with E-state index in [0.29, 0.717) is 5.01 Å². The lowest BCUT2D eigenvalue weighted by Crippen LogP contribution is -2.31. The second-order valence-electron chi connectivity index (χ2n) is 3.36. The minimum absolute atomic E-state index is 0.0179. The second-order valence-corrected chi connectivity index (χ2v) is 4.25. The van der Waals surface area contributed by atoms with Gasteiger partial charge in [0.1, 0.15) is 10.6 Å². The number of alkyl halides is 2. The highest BCUT2D eigenvalue weighted by Gasteiger charge is 2.39. The molecule has 1 aliphatic rings. The molecule has 0 saturated carbocycles. The molecule has 1 aromatic rings. The van der Waals surface area contributed by atoms with E-state index in [-0.39, 0.29) is 12.8 Å². The van der Waals surface area contributed by atoms with Crippen LogP contribution in [0.1, 0.15) is 17.8 Å². The van der Waals surface area contributed by atoms with Crippen LogP contribution in [0.3, 0.4) is 0 Å². The van der Waals surface area contributed by atoms with Crippen molar-refractivity contribution in [2.24, 2.45) is 0 Å². The van der Waals surface area contributed by atoms with Crippen LogP contribution >= 0.6 is 11.3 Å². The number of hydrogen-bond acceptors (Lipinski definition) is 3. The highest BCUT2D eigenvalue weighted by atomic mass is 32.1. The molecule has 5 heteroatoms. The summed E-state index contributed by atoms with van der Waals surface area (Å²) < 4.78 is 25.5. The van der Waals surface area contributed by atoms with Gasteiger partial charge in [-0.15, -0.1) is 11.3 Å². The fourth-order valence-electron chi connectivity index (χ4n) is 1.40. The monoisotopic (exact) mass is 217 g/mol. The minimum Gasteiger partial charge on any atom is -0.379 e.